The van der Waals surface area contributed by atoms with Crippen LogP contribution in [0.15, 0.2) is 12.2 Å². The Morgan fingerprint density at radius 2 is 2.15 bits per heavy atom. The number of rotatable bonds is 7. The minimum Gasteiger partial charge on any atom is -0.383 e. The maximum Gasteiger partial charge on any atom is 0.246 e. The molecule has 0 aromatic rings. The minimum absolute atomic E-state index is 0.481. The molecule has 0 heterocycles. The largest absolute Gasteiger partial charge is 0.383 e. The Balaban J connectivity index is 3.25. The van der Waals surface area contributed by atoms with Crippen LogP contribution in [0.5, 0.6) is 0 Å². The van der Waals surface area contributed by atoms with Crippen molar-refractivity contribution in [3.8, 4) is 0 Å². The molecule has 1 unspecified atom stereocenters. The molecule has 0 fully saturated rings. The highest BCUT2D eigenvalue weighted by molar-refractivity contribution is 5.78. The second-order valence-electron chi connectivity index (χ2n) is 3.08. The van der Waals surface area contributed by atoms with Gasteiger partial charge < -0.3 is 10.8 Å². The van der Waals surface area contributed by atoms with E-state index in [9.17, 15) is 4.79 Å². The molecule has 0 aromatic heterocycles. The lowest BCUT2D eigenvalue weighted by Crippen LogP contribution is -2.27. The highest BCUT2D eigenvalue weighted by atomic mass is 16.3. The monoisotopic (exact) mass is 185 g/mol. The molecular formula is C10H19NO2. The first-order chi connectivity index (χ1) is 6.18. The van der Waals surface area contributed by atoms with Gasteiger partial charge in [-0.2, -0.15) is 0 Å². The van der Waals surface area contributed by atoms with Crippen LogP contribution in [0.4, 0.5) is 0 Å². The molecule has 0 aromatic carbocycles. The smallest absolute Gasteiger partial charge is 0.246 e. The number of carbonyl (C=O) groups is 1. The fourth-order valence-corrected chi connectivity index (χ4v) is 1.03. The van der Waals surface area contributed by atoms with Gasteiger partial charge in [0.15, 0.2) is 0 Å². The number of nitrogens with two attached hydrogens (primary N) is 1. The molecule has 3 nitrogen and oxygen atoms in total. The molecule has 0 rings (SSSR count). The van der Waals surface area contributed by atoms with Gasteiger partial charge in [-0.15, -0.1) is 0 Å². The van der Waals surface area contributed by atoms with Crippen LogP contribution in [-0.2, 0) is 4.79 Å². The van der Waals surface area contributed by atoms with Crippen molar-refractivity contribution in [3.63, 3.8) is 0 Å². The lowest BCUT2D eigenvalue weighted by molar-refractivity contribution is -0.126. The molecule has 1 amide bonds. The van der Waals surface area contributed by atoms with Crippen molar-refractivity contribution >= 4 is 5.91 Å². The van der Waals surface area contributed by atoms with E-state index in [1.165, 1.54) is 0 Å². The molecule has 3 heteroatoms. The van der Waals surface area contributed by atoms with Crippen LogP contribution in [-0.4, -0.2) is 17.1 Å². The molecule has 13 heavy (non-hydrogen) atoms. The van der Waals surface area contributed by atoms with Crippen molar-refractivity contribution in [1.29, 1.82) is 0 Å². The van der Waals surface area contributed by atoms with Crippen LogP contribution in [0.25, 0.3) is 0 Å². The Morgan fingerprint density at radius 1 is 1.46 bits per heavy atom. The normalized spacial score (nSPS) is 13.4. The van der Waals surface area contributed by atoms with Crippen LogP contribution in [0.3, 0.4) is 0 Å². The Morgan fingerprint density at radius 3 is 2.69 bits per heavy atom. The van der Waals surface area contributed by atoms with Gasteiger partial charge in [0, 0.05) is 0 Å². The van der Waals surface area contributed by atoms with Crippen molar-refractivity contribution in [2.75, 3.05) is 0 Å². The summed E-state index contributed by atoms with van der Waals surface area (Å²) < 4.78 is 0. The summed E-state index contributed by atoms with van der Waals surface area (Å²) in [6, 6.07) is 0. The molecule has 0 aliphatic heterocycles. The van der Waals surface area contributed by atoms with Crippen LogP contribution >= 0.6 is 0 Å². The molecule has 0 radical (unpaired) electrons. The van der Waals surface area contributed by atoms with Crippen LogP contribution in [0, 0.1) is 0 Å². The van der Waals surface area contributed by atoms with E-state index in [2.05, 4.69) is 19.1 Å². The van der Waals surface area contributed by atoms with E-state index < -0.39 is 12.0 Å². The van der Waals surface area contributed by atoms with Gasteiger partial charge in [0.2, 0.25) is 5.91 Å². The molecule has 3 N–H and O–H groups in total. The Labute approximate surface area is 79.6 Å². The summed E-state index contributed by atoms with van der Waals surface area (Å²) >= 11 is 0. The molecule has 0 saturated heterocycles. The van der Waals surface area contributed by atoms with E-state index in [4.69, 9.17) is 10.8 Å². The SMILES string of the molecule is CC/C=C/CCCCC(O)C(N)=O. The van der Waals surface area contributed by atoms with Crippen LogP contribution in [0.2, 0.25) is 0 Å². The van der Waals surface area contributed by atoms with E-state index in [1.54, 1.807) is 0 Å². The molecule has 76 valence electrons. The Hall–Kier alpha value is -0.830. The zero-order valence-electron chi connectivity index (χ0n) is 8.20. The lowest BCUT2D eigenvalue weighted by atomic mass is 10.1. The van der Waals surface area contributed by atoms with Gasteiger partial charge in [-0.3, -0.25) is 4.79 Å². The molecule has 0 bridgehead atoms. The Kier molecular flexibility index (Phi) is 7.30. The zero-order chi connectivity index (χ0) is 10.1. The number of aliphatic hydroxyl groups excluding tert-OH is 1. The first kappa shape index (κ1) is 12.2. The summed E-state index contributed by atoms with van der Waals surface area (Å²) in [4.78, 5) is 10.4. The lowest BCUT2D eigenvalue weighted by Gasteiger charge is -2.04. The van der Waals surface area contributed by atoms with Crippen molar-refractivity contribution in [2.45, 2.75) is 45.1 Å². The maximum absolute atomic E-state index is 10.4. The number of carbonyl (C=O) groups excluding carboxylic acids is 1. The average Bonchev–Trinajstić information content (AvgIpc) is 2.10. The summed E-state index contributed by atoms with van der Waals surface area (Å²) in [5.74, 6) is -0.621. The average molecular weight is 185 g/mol. The van der Waals surface area contributed by atoms with Crippen LogP contribution < -0.4 is 5.73 Å². The Bertz CT molecular complexity index is 166. The van der Waals surface area contributed by atoms with Crippen molar-refractivity contribution in [2.24, 2.45) is 5.73 Å². The summed E-state index contributed by atoms with van der Waals surface area (Å²) in [7, 11) is 0. The second-order valence-corrected chi connectivity index (χ2v) is 3.08. The van der Waals surface area contributed by atoms with Crippen molar-refractivity contribution in [3.05, 3.63) is 12.2 Å². The van der Waals surface area contributed by atoms with Gasteiger partial charge in [0.1, 0.15) is 6.10 Å². The maximum atomic E-state index is 10.4. The molecular weight excluding hydrogens is 166 g/mol. The fraction of sp³-hybridized carbons (Fsp3) is 0.700. The summed E-state index contributed by atoms with van der Waals surface area (Å²) in [6.45, 7) is 2.09. The van der Waals surface area contributed by atoms with E-state index in [0.29, 0.717) is 6.42 Å². The number of hydrogen-bond donors (Lipinski definition) is 2. The number of aliphatic hydroxyl groups is 1. The number of unbranched alkanes of at least 4 members (excludes halogenated alkanes) is 2. The van der Waals surface area contributed by atoms with Gasteiger partial charge >= 0.3 is 0 Å². The third kappa shape index (κ3) is 7.53. The molecule has 0 aliphatic rings. The molecule has 0 saturated carbocycles. The highest BCUT2D eigenvalue weighted by Gasteiger charge is 2.08. The van der Waals surface area contributed by atoms with E-state index in [0.717, 1.165) is 25.7 Å². The van der Waals surface area contributed by atoms with Gasteiger partial charge in [-0.1, -0.05) is 25.5 Å². The quantitative estimate of drug-likeness (QED) is 0.464. The van der Waals surface area contributed by atoms with Gasteiger partial charge in [-0.25, -0.2) is 0 Å². The van der Waals surface area contributed by atoms with E-state index in [1.807, 2.05) is 0 Å². The standard InChI is InChI=1S/C10H19NO2/c1-2-3-4-5-6-7-8-9(12)10(11)13/h3-4,9,12H,2,5-8H2,1H3,(H2,11,13)/b4-3+. The summed E-state index contributed by atoms with van der Waals surface area (Å²) in [5.41, 5.74) is 4.90. The number of hydrogen-bond acceptors (Lipinski definition) is 2. The second kappa shape index (κ2) is 7.80. The third-order valence-corrected chi connectivity index (χ3v) is 1.83. The van der Waals surface area contributed by atoms with Gasteiger partial charge in [0.25, 0.3) is 0 Å². The van der Waals surface area contributed by atoms with Gasteiger partial charge in [-0.05, 0) is 25.7 Å². The van der Waals surface area contributed by atoms with Crippen LogP contribution in [0.1, 0.15) is 39.0 Å². The summed E-state index contributed by atoms with van der Waals surface area (Å²) in [5, 5.41) is 9.04. The minimum atomic E-state index is -0.963. The number of amides is 1. The predicted octanol–water partition coefficient (Wildman–Crippen LogP) is 1.36. The first-order valence-corrected chi connectivity index (χ1v) is 4.80. The van der Waals surface area contributed by atoms with Crippen molar-refractivity contribution < 1.29 is 9.90 Å². The predicted molar refractivity (Wildman–Crippen MR) is 53.1 cm³/mol. The number of allylic oxidation sites excluding steroid dienone is 2. The summed E-state index contributed by atoms with van der Waals surface area (Å²) in [6.07, 6.45) is 7.67. The highest BCUT2D eigenvalue weighted by Crippen LogP contribution is 2.04. The van der Waals surface area contributed by atoms with E-state index in [-0.39, 0.29) is 0 Å². The van der Waals surface area contributed by atoms with E-state index >= 15 is 0 Å². The topological polar surface area (TPSA) is 63.3 Å². The number of primary amides is 1. The first-order valence-electron chi connectivity index (χ1n) is 4.80. The fourth-order valence-electron chi connectivity index (χ4n) is 1.03. The molecule has 0 spiro atoms. The zero-order valence-corrected chi connectivity index (χ0v) is 8.20. The third-order valence-electron chi connectivity index (χ3n) is 1.83. The molecule has 0 aliphatic carbocycles. The van der Waals surface area contributed by atoms with Crippen molar-refractivity contribution in [1.82, 2.24) is 0 Å². The van der Waals surface area contributed by atoms with Gasteiger partial charge in [0.05, 0.1) is 0 Å². The molecule has 1 atom stereocenters.